The number of carbonyl (C=O) groups excluding carboxylic acids is 1. The molecule has 0 spiro atoms. The molecule has 1 fully saturated rings. The number of hydrogen-bond donors (Lipinski definition) is 2. The Morgan fingerprint density at radius 1 is 1.30 bits per heavy atom. The van der Waals surface area contributed by atoms with Gasteiger partial charge in [-0.05, 0) is 37.4 Å². The Balaban J connectivity index is 2.28. The van der Waals surface area contributed by atoms with E-state index < -0.39 is 0 Å². The molecule has 0 bridgehead atoms. The van der Waals surface area contributed by atoms with Crippen molar-refractivity contribution in [1.82, 2.24) is 10.6 Å². The molecule has 1 aromatic rings. The van der Waals surface area contributed by atoms with Gasteiger partial charge >= 0.3 is 0 Å². The van der Waals surface area contributed by atoms with E-state index >= 15 is 0 Å². The maximum absolute atomic E-state index is 11.8. The normalized spacial score (nSPS) is 22.1. The SMILES string of the molecule is CNC(=O)C1CC(c2c(OC)cccc2OC)CCN1. The number of benzene rings is 1. The molecule has 1 amide bonds. The predicted molar refractivity (Wildman–Crippen MR) is 77.4 cm³/mol. The Kier molecular flexibility index (Phi) is 4.84. The summed E-state index contributed by atoms with van der Waals surface area (Å²) in [7, 11) is 4.99. The molecule has 110 valence electrons. The molecule has 2 N–H and O–H groups in total. The Labute approximate surface area is 119 Å². The molecule has 2 rings (SSSR count). The summed E-state index contributed by atoms with van der Waals surface area (Å²) in [6.07, 6.45) is 1.71. The van der Waals surface area contributed by atoms with Crippen LogP contribution in [0.5, 0.6) is 11.5 Å². The third-order valence-electron chi connectivity index (χ3n) is 3.84. The minimum atomic E-state index is -0.159. The van der Waals surface area contributed by atoms with Crippen molar-refractivity contribution < 1.29 is 14.3 Å². The van der Waals surface area contributed by atoms with Gasteiger partial charge in [-0.15, -0.1) is 0 Å². The minimum Gasteiger partial charge on any atom is -0.496 e. The lowest BCUT2D eigenvalue weighted by Crippen LogP contribution is -2.47. The van der Waals surface area contributed by atoms with Crippen molar-refractivity contribution in [3.8, 4) is 11.5 Å². The topological polar surface area (TPSA) is 59.6 Å². The molecule has 2 unspecified atom stereocenters. The predicted octanol–water partition coefficient (Wildman–Crippen LogP) is 1.29. The van der Waals surface area contributed by atoms with Crippen molar-refractivity contribution in [3.63, 3.8) is 0 Å². The van der Waals surface area contributed by atoms with Crippen LogP contribution in [0.1, 0.15) is 24.3 Å². The zero-order valence-corrected chi connectivity index (χ0v) is 12.2. The first kappa shape index (κ1) is 14.7. The Morgan fingerprint density at radius 3 is 2.50 bits per heavy atom. The van der Waals surface area contributed by atoms with E-state index in [2.05, 4.69) is 10.6 Å². The lowest BCUT2D eigenvalue weighted by Gasteiger charge is -2.31. The van der Waals surface area contributed by atoms with Crippen molar-refractivity contribution in [2.24, 2.45) is 0 Å². The van der Waals surface area contributed by atoms with Crippen LogP contribution in [-0.4, -0.2) is 39.8 Å². The van der Waals surface area contributed by atoms with E-state index in [9.17, 15) is 4.79 Å². The highest BCUT2D eigenvalue weighted by Crippen LogP contribution is 2.40. The largest absolute Gasteiger partial charge is 0.496 e. The van der Waals surface area contributed by atoms with E-state index in [-0.39, 0.29) is 17.9 Å². The number of methoxy groups -OCH3 is 2. The molecule has 0 aromatic heterocycles. The van der Waals surface area contributed by atoms with Crippen LogP contribution in [0.15, 0.2) is 18.2 Å². The number of carbonyl (C=O) groups is 1. The highest BCUT2D eigenvalue weighted by Gasteiger charge is 2.30. The van der Waals surface area contributed by atoms with Crippen molar-refractivity contribution in [2.75, 3.05) is 27.8 Å². The van der Waals surface area contributed by atoms with E-state index in [0.29, 0.717) is 0 Å². The molecule has 1 heterocycles. The van der Waals surface area contributed by atoms with Gasteiger partial charge in [-0.2, -0.15) is 0 Å². The van der Waals surface area contributed by atoms with E-state index in [1.807, 2.05) is 18.2 Å². The Morgan fingerprint density at radius 2 is 1.95 bits per heavy atom. The van der Waals surface area contributed by atoms with Crippen LogP contribution in [0.25, 0.3) is 0 Å². The first-order chi connectivity index (χ1) is 9.71. The van der Waals surface area contributed by atoms with Crippen LogP contribution in [-0.2, 0) is 4.79 Å². The molecule has 1 aliphatic heterocycles. The molecule has 20 heavy (non-hydrogen) atoms. The number of likely N-dealkylation sites (N-methyl/N-ethyl adjacent to an activating group) is 1. The van der Waals surface area contributed by atoms with Gasteiger partial charge in [-0.3, -0.25) is 4.79 Å². The molecule has 0 radical (unpaired) electrons. The zero-order valence-electron chi connectivity index (χ0n) is 12.2. The van der Waals surface area contributed by atoms with E-state index in [4.69, 9.17) is 9.47 Å². The van der Waals surface area contributed by atoms with Crippen LogP contribution in [0.2, 0.25) is 0 Å². The van der Waals surface area contributed by atoms with Gasteiger partial charge in [-0.25, -0.2) is 0 Å². The van der Waals surface area contributed by atoms with E-state index in [0.717, 1.165) is 36.4 Å². The van der Waals surface area contributed by atoms with Gasteiger partial charge < -0.3 is 20.1 Å². The number of hydrogen-bond acceptors (Lipinski definition) is 4. The second kappa shape index (κ2) is 6.61. The maximum Gasteiger partial charge on any atom is 0.236 e. The lowest BCUT2D eigenvalue weighted by molar-refractivity contribution is -0.123. The zero-order chi connectivity index (χ0) is 14.5. The third-order valence-corrected chi connectivity index (χ3v) is 3.84. The molecule has 1 aliphatic rings. The van der Waals surface area contributed by atoms with Gasteiger partial charge in [0.1, 0.15) is 11.5 Å². The molecule has 0 saturated carbocycles. The maximum atomic E-state index is 11.8. The summed E-state index contributed by atoms with van der Waals surface area (Å²) >= 11 is 0. The van der Waals surface area contributed by atoms with Crippen molar-refractivity contribution in [1.29, 1.82) is 0 Å². The minimum absolute atomic E-state index is 0.0311. The molecular weight excluding hydrogens is 256 g/mol. The van der Waals surface area contributed by atoms with Gasteiger partial charge in [0.2, 0.25) is 5.91 Å². The van der Waals surface area contributed by atoms with Crippen LogP contribution in [0.4, 0.5) is 0 Å². The molecule has 2 atom stereocenters. The summed E-state index contributed by atoms with van der Waals surface area (Å²) in [6.45, 7) is 0.809. The standard InChI is InChI=1S/C15H22N2O3/c1-16-15(18)11-9-10(7-8-17-11)14-12(19-2)5-4-6-13(14)20-3/h4-6,10-11,17H,7-9H2,1-3H3,(H,16,18). The van der Waals surface area contributed by atoms with E-state index in [1.165, 1.54) is 0 Å². The fourth-order valence-corrected chi connectivity index (χ4v) is 2.84. The Bertz CT molecular complexity index is 454. The molecule has 0 aliphatic carbocycles. The van der Waals surface area contributed by atoms with E-state index in [1.54, 1.807) is 21.3 Å². The first-order valence-corrected chi connectivity index (χ1v) is 6.87. The van der Waals surface area contributed by atoms with Crippen molar-refractivity contribution >= 4 is 5.91 Å². The third kappa shape index (κ3) is 2.88. The smallest absolute Gasteiger partial charge is 0.236 e. The molecular formula is C15H22N2O3. The fourth-order valence-electron chi connectivity index (χ4n) is 2.84. The fraction of sp³-hybridized carbons (Fsp3) is 0.533. The molecule has 5 nitrogen and oxygen atoms in total. The number of rotatable bonds is 4. The second-order valence-corrected chi connectivity index (χ2v) is 4.92. The van der Waals surface area contributed by atoms with Gasteiger partial charge in [0.15, 0.2) is 0 Å². The molecule has 1 aromatic carbocycles. The highest BCUT2D eigenvalue weighted by molar-refractivity contribution is 5.81. The number of amides is 1. The molecule has 5 heteroatoms. The molecule has 1 saturated heterocycles. The number of nitrogens with one attached hydrogen (secondary N) is 2. The first-order valence-electron chi connectivity index (χ1n) is 6.87. The monoisotopic (exact) mass is 278 g/mol. The summed E-state index contributed by atoms with van der Waals surface area (Å²) in [5.41, 5.74) is 1.06. The van der Waals surface area contributed by atoms with Gasteiger partial charge in [-0.1, -0.05) is 6.07 Å². The number of ether oxygens (including phenoxy) is 2. The van der Waals surface area contributed by atoms with Crippen molar-refractivity contribution in [3.05, 3.63) is 23.8 Å². The summed E-state index contributed by atoms with van der Waals surface area (Å²) in [4.78, 5) is 11.8. The summed E-state index contributed by atoms with van der Waals surface area (Å²) in [6, 6.07) is 5.63. The highest BCUT2D eigenvalue weighted by atomic mass is 16.5. The number of piperidine rings is 1. The Hall–Kier alpha value is -1.75. The van der Waals surface area contributed by atoms with Crippen LogP contribution in [0, 0.1) is 0 Å². The van der Waals surface area contributed by atoms with Gasteiger partial charge in [0, 0.05) is 12.6 Å². The lowest BCUT2D eigenvalue weighted by atomic mass is 9.85. The summed E-state index contributed by atoms with van der Waals surface area (Å²) < 4.78 is 10.9. The second-order valence-electron chi connectivity index (χ2n) is 4.92. The average Bonchev–Trinajstić information content (AvgIpc) is 2.53. The van der Waals surface area contributed by atoms with Crippen LogP contribution < -0.4 is 20.1 Å². The van der Waals surface area contributed by atoms with Crippen LogP contribution >= 0.6 is 0 Å². The van der Waals surface area contributed by atoms with Gasteiger partial charge in [0.25, 0.3) is 0 Å². The quantitative estimate of drug-likeness (QED) is 0.871. The summed E-state index contributed by atoms with van der Waals surface area (Å²) in [5, 5.41) is 5.95. The van der Waals surface area contributed by atoms with Crippen molar-refractivity contribution in [2.45, 2.75) is 24.8 Å². The van der Waals surface area contributed by atoms with Gasteiger partial charge in [0.05, 0.1) is 20.3 Å². The van der Waals surface area contributed by atoms with Crippen LogP contribution in [0.3, 0.4) is 0 Å². The average molecular weight is 278 g/mol. The summed E-state index contributed by atoms with van der Waals surface area (Å²) in [5.74, 6) is 1.94.